The van der Waals surface area contributed by atoms with E-state index in [9.17, 15) is 0 Å². The lowest BCUT2D eigenvalue weighted by Crippen LogP contribution is -2.06. The summed E-state index contributed by atoms with van der Waals surface area (Å²) in [6.07, 6.45) is 9.70. The molecule has 0 saturated heterocycles. The van der Waals surface area contributed by atoms with Gasteiger partial charge >= 0.3 is 0 Å². The fraction of sp³-hybridized carbons (Fsp3) is 0.667. The van der Waals surface area contributed by atoms with E-state index in [1.165, 1.54) is 18.4 Å². The van der Waals surface area contributed by atoms with Crippen molar-refractivity contribution < 1.29 is 0 Å². The monoisotopic (exact) mass is 276 g/mol. The molecule has 0 radical (unpaired) electrons. The van der Waals surface area contributed by atoms with Crippen molar-refractivity contribution in [2.24, 2.45) is 5.92 Å². The van der Waals surface area contributed by atoms with Crippen molar-refractivity contribution in [3.8, 4) is 0 Å². The van der Waals surface area contributed by atoms with Crippen LogP contribution in [0.15, 0.2) is 23.9 Å². The van der Waals surface area contributed by atoms with E-state index in [1.807, 2.05) is 26.1 Å². The number of hydrogen-bond acceptors (Lipinski definition) is 2. The molecule has 0 aliphatic carbocycles. The summed E-state index contributed by atoms with van der Waals surface area (Å²) >= 11 is 0. The second kappa shape index (κ2) is 11.6. The van der Waals surface area contributed by atoms with Crippen LogP contribution in [0.25, 0.3) is 0 Å². The lowest BCUT2D eigenvalue weighted by Gasteiger charge is -2.14. The van der Waals surface area contributed by atoms with Gasteiger partial charge in [-0.2, -0.15) is 0 Å². The summed E-state index contributed by atoms with van der Waals surface area (Å²) in [7, 11) is 0. The highest BCUT2D eigenvalue weighted by atomic mass is 14.9. The van der Waals surface area contributed by atoms with Crippen molar-refractivity contribution in [1.82, 2.24) is 9.97 Å². The molecule has 1 aromatic rings. The zero-order chi connectivity index (χ0) is 15.4. The largest absolute Gasteiger partial charge is 0.241 e. The van der Waals surface area contributed by atoms with Crippen molar-refractivity contribution in [3.63, 3.8) is 0 Å². The normalized spacial score (nSPS) is 12.6. The molecule has 0 saturated carbocycles. The van der Waals surface area contributed by atoms with E-state index in [0.29, 0.717) is 5.92 Å². The standard InChI is InChI=1S/C16H26N2.C2H6/c1-5-8-9-14(13(4)6-2)12-16-17-11-10-15(7-3)18-16;1-2/h9-11,13H,5-8,12H2,1-4H3;1-2H3/b14-9-;. The summed E-state index contributed by atoms with van der Waals surface area (Å²) in [6, 6.07) is 2.00. The maximum Gasteiger partial charge on any atom is 0.132 e. The number of aryl methyl sites for hydroxylation is 1. The van der Waals surface area contributed by atoms with Crippen LogP contribution in [0.1, 0.15) is 72.3 Å². The number of nitrogens with zero attached hydrogens (tertiary/aromatic N) is 2. The molecule has 2 heteroatoms. The highest BCUT2D eigenvalue weighted by Gasteiger charge is 2.09. The van der Waals surface area contributed by atoms with Gasteiger partial charge in [0.15, 0.2) is 0 Å². The van der Waals surface area contributed by atoms with Crippen molar-refractivity contribution >= 4 is 0 Å². The van der Waals surface area contributed by atoms with E-state index >= 15 is 0 Å². The van der Waals surface area contributed by atoms with Crippen LogP contribution in [0.5, 0.6) is 0 Å². The molecule has 0 aliphatic heterocycles. The molecule has 1 heterocycles. The predicted octanol–water partition coefficient (Wildman–Crippen LogP) is 5.38. The Hall–Kier alpha value is -1.18. The minimum absolute atomic E-state index is 0.630. The van der Waals surface area contributed by atoms with Crippen LogP contribution in [0, 0.1) is 5.92 Å². The van der Waals surface area contributed by atoms with Gasteiger partial charge in [0.25, 0.3) is 0 Å². The summed E-state index contributed by atoms with van der Waals surface area (Å²) in [4.78, 5) is 9.00. The third-order valence-electron chi connectivity index (χ3n) is 3.43. The number of allylic oxidation sites excluding steroid dienone is 2. The van der Waals surface area contributed by atoms with Gasteiger partial charge in [-0.05, 0) is 31.2 Å². The maximum absolute atomic E-state index is 4.60. The third kappa shape index (κ3) is 6.83. The van der Waals surface area contributed by atoms with E-state index < -0.39 is 0 Å². The van der Waals surface area contributed by atoms with E-state index in [1.54, 1.807) is 0 Å². The molecule has 0 fully saturated rings. The Morgan fingerprint density at radius 1 is 1.25 bits per heavy atom. The summed E-state index contributed by atoms with van der Waals surface area (Å²) < 4.78 is 0. The molecular weight excluding hydrogens is 244 g/mol. The minimum atomic E-state index is 0.630. The van der Waals surface area contributed by atoms with E-state index in [4.69, 9.17) is 0 Å². The van der Waals surface area contributed by atoms with Crippen LogP contribution in [-0.4, -0.2) is 9.97 Å². The van der Waals surface area contributed by atoms with Crippen molar-refractivity contribution in [2.75, 3.05) is 0 Å². The predicted molar refractivity (Wildman–Crippen MR) is 88.9 cm³/mol. The Balaban J connectivity index is 0.00000172. The molecule has 1 atom stereocenters. The molecule has 114 valence electrons. The first-order valence-corrected chi connectivity index (χ1v) is 8.20. The topological polar surface area (TPSA) is 25.8 Å². The van der Waals surface area contributed by atoms with Crippen LogP contribution >= 0.6 is 0 Å². The first kappa shape index (κ1) is 18.8. The minimum Gasteiger partial charge on any atom is -0.241 e. The smallest absolute Gasteiger partial charge is 0.132 e. The van der Waals surface area contributed by atoms with Gasteiger partial charge in [-0.1, -0.05) is 59.6 Å². The van der Waals surface area contributed by atoms with E-state index in [0.717, 1.165) is 30.8 Å². The molecule has 1 aromatic heterocycles. The summed E-state index contributed by atoms with van der Waals surface area (Å²) in [5.41, 5.74) is 2.63. The van der Waals surface area contributed by atoms with Gasteiger partial charge in [-0.3, -0.25) is 0 Å². The zero-order valence-corrected chi connectivity index (χ0v) is 14.2. The first-order chi connectivity index (χ1) is 9.71. The molecule has 20 heavy (non-hydrogen) atoms. The van der Waals surface area contributed by atoms with Gasteiger partial charge in [0, 0.05) is 18.3 Å². The van der Waals surface area contributed by atoms with Crippen LogP contribution < -0.4 is 0 Å². The van der Waals surface area contributed by atoms with Gasteiger partial charge in [0.1, 0.15) is 5.82 Å². The summed E-state index contributed by atoms with van der Waals surface area (Å²) in [5.74, 6) is 1.60. The summed E-state index contributed by atoms with van der Waals surface area (Å²) in [6.45, 7) is 12.9. The van der Waals surface area contributed by atoms with Crippen LogP contribution in [0.4, 0.5) is 0 Å². The Morgan fingerprint density at radius 3 is 2.50 bits per heavy atom. The van der Waals surface area contributed by atoms with Crippen LogP contribution in [0.3, 0.4) is 0 Å². The van der Waals surface area contributed by atoms with Crippen LogP contribution in [0.2, 0.25) is 0 Å². The quantitative estimate of drug-likeness (QED) is 0.625. The van der Waals surface area contributed by atoms with Gasteiger partial charge < -0.3 is 0 Å². The van der Waals surface area contributed by atoms with Gasteiger partial charge in [-0.15, -0.1) is 0 Å². The molecule has 1 rings (SSSR count). The third-order valence-corrected chi connectivity index (χ3v) is 3.43. The molecule has 0 bridgehead atoms. The SMILES string of the molecule is CC.CCC/C=C(/Cc1nccc(CC)n1)C(C)CC. The second-order valence-corrected chi connectivity index (χ2v) is 4.87. The molecule has 2 nitrogen and oxygen atoms in total. The number of hydrogen-bond donors (Lipinski definition) is 0. The second-order valence-electron chi connectivity index (χ2n) is 4.87. The molecule has 0 amide bonds. The van der Waals surface area contributed by atoms with Gasteiger partial charge in [-0.25, -0.2) is 9.97 Å². The van der Waals surface area contributed by atoms with E-state index in [2.05, 4.69) is 43.7 Å². The number of unbranched alkanes of at least 4 members (excludes halogenated alkanes) is 1. The maximum atomic E-state index is 4.60. The lowest BCUT2D eigenvalue weighted by atomic mass is 9.94. The molecule has 1 unspecified atom stereocenters. The van der Waals surface area contributed by atoms with Crippen molar-refractivity contribution in [1.29, 1.82) is 0 Å². The van der Waals surface area contributed by atoms with Crippen molar-refractivity contribution in [3.05, 3.63) is 35.4 Å². The fourth-order valence-corrected chi connectivity index (χ4v) is 1.95. The van der Waals surface area contributed by atoms with Crippen LogP contribution in [-0.2, 0) is 12.8 Å². The molecular formula is C18H32N2. The zero-order valence-electron chi connectivity index (χ0n) is 14.2. The molecule has 0 N–H and O–H groups in total. The highest BCUT2D eigenvalue weighted by Crippen LogP contribution is 2.19. The Kier molecular flexibility index (Phi) is 10.9. The molecule has 0 aliphatic rings. The summed E-state index contributed by atoms with van der Waals surface area (Å²) in [5, 5.41) is 0. The Morgan fingerprint density at radius 2 is 1.95 bits per heavy atom. The highest BCUT2D eigenvalue weighted by molar-refractivity contribution is 5.14. The molecule has 0 spiro atoms. The average molecular weight is 276 g/mol. The average Bonchev–Trinajstić information content (AvgIpc) is 2.52. The Bertz CT molecular complexity index is 383. The van der Waals surface area contributed by atoms with Gasteiger partial charge in [0.05, 0.1) is 0 Å². The first-order valence-electron chi connectivity index (χ1n) is 8.20. The molecule has 0 aromatic carbocycles. The van der Waals surface area contributed by atoms with Crippen molar-refractivity contribution in [2.45, 2.75) is 73.6 Å². The lowest BCUT2D eigenvalue weighted by molar-refractivity contribution is 0.625. The fourth-order valence-electron chi connectivity index (χ4n) is 1.95. The Labute approximate surface area is 125 Å². The number of rotatable bonds is 7. The van der Waals surface area contributed by atoms with E-state index in [-0.39, 0.29) is 0 Å². The number of aromatic nitrogens is 2. The van der Waals surface area contributed by atoms with Gasteiger partial charge in [0.2, 0.25) is 0 Å².